The molecular formula is C21H22ClFN4. The molecule has 2 heterocycles. The molecular weight excluding hydrogens is 363 g/mol. The van der Waals surface area contributed by atoms with Crippen LogP contribution in [0.4, 0.5) is 4.39 Å². The van der Waals surface area contributed by atoms with Crippen molar-refractivity contribution in [3.63, 3.8) is 0 Å². The van der Waals surface area contributed by atoms with E-state index in [4.69, 9.17) is 16.7 Å². The van der Waals surface area contributed by atoms with Gasteiger partial charge in [-0.2, -0.15) is 5.10 Å². The predicted molar refractivity (Wildman–Crippen MR) is 107 cm³/mol. The van der Waals surface area contributed by atoms with E-state index < -0.39 is 0 Å². The first-order valence-corrected chi connectivity index (χ1v) is 9.48. The minimum atomic E-state index is -0.255. The monoisotopic (exact) mass is 384 g/mol. The summed E-state index contributed by atoms with van der Waals surface area (Å²) in [7, 11) is 2.15. The lowest BCUT2D eigenvalue weighted by Gasteiger charge is -2.32. The minimum Gasteiger partial charge on any atom is -0.304 e. The Bertz CT molecular complexity index is 914. The summed E-state index contributed by atoms with van der Waals surface area (Å²) in [6.07, 6.45) is 2.03. The Kier molecular flexibility index (Phi) is 5.25. The van der Waals surface area contributed by atoms with Crippen LogP contribution >= 0.6 is 11.6 Å². The van der Waals surface area contributed by atoms with Crippen molar-refractivity contribution in [3.8, 4) is 16.9 Å². The molecule has 4 nitrogen and oxygen atoms in total. The lowest BCUT2D eigenvalue weighted by atomic mass is 10.1. The van der Waals surface area contributed by atoms with Gasteiger partial charge in [-0.1, -0.05) is 29.8 Å². The average molecular weight is 385 g/mol. The highest BCUT2D eigenvalue weighted by Crippen LogP contribution is 2.30. The van der Waals surface area contributed by atoms with Crippen LogP contribution in [0.15, 0.2) is 54.7 Å². The van der Waals surface area contributed by atoms with Gasteiger partial charge in [0, 0.05) is 50.0 Å². The number of hydrogen-bond donors (Lipinski definition) is 0. The van der Waals surface area contributed by atoms with Crippen molar-refractivity contribution >= 4 is 11.6 Å². The van der Waals surface area contributed by atoms with E-state index in [0.717, 1.165) is 55.2 Å². The highest BCUT2D eigenvalue weighted by atomic mass is 35.5. The Labute approximate surface area is 163 Å². The molecule has 3 aromatic rings. The SMILES string of the molecule is CN1CCN(Cc2cn(-c3ccc(F)cc3)nc2-c2ccccc2Cl)CC1. The van der Waals surface area contributed by atoms with Crippen LogP contribution in [0.5, 0.6) is 0 Å². The number of halogens is 2. The number of rotatable bonds is 4. The van der Waals surface area contributed by atoms with Crippen LogP contribution in [0.1, 0.15) is 5.56 Å². The average Bonchev–Trinajstić information content (AvgIpc) is 3.08. The molecule has 4 rings (SSSR count). The van der Waals surface area contributed by atoms with Gasteiger partial charge in [0.15, 0.2) is 0 Å². The summed E-state index contributed by atoms with van der Waals surface area (Å²) in [5.74, 6) is -0.255. The van der Waals surface area contributed by atoms with Crippen molar-refractivity contribution in [1.82, 2.24) is 19.6 Å². The van der Waals surface area contributed by atoms with Crippen LogP contribution in [0.3, 0.4) is 0 Å². The van der Waals surface area contributed by atoms with Gasteiger partial charge in [0.2, 0.25) is 0 Å². The Morgan fingerprint density at radius 1 is 1.00 bits per heavy atom. The highest BCUT2D eigenvalue weighted by molar-refractivity contribution is 6.33. The standard InChI is InChI=1S/C21H22ClFN4/c1-25-10-12-26(13-11-25)14-16-15-27(18-8-6-17(23)7-9-18)24-21(16)19-4-2-3-5-20(19)22/h2-9,15H,10-14H2,1H3. The van der Waals surface area contributed by atoms with Gasteiger partial charge in [0.1, 0.15) is 5.82 Å². The number of nitrogens with zero attached hydrogens (tertiary/aromatic N) is 4. The largest absolute Gasteiger partial charge is 0.304 e. The van der Waals surface area contributed by atoms with Crippen molar-refractivity contribution in [3.05, 3.63) is 71.1 Å². The van der Waals surface area contributed by atoms with Crippen LogP contribution in [0.2, 0.25) is 5.02 Å². The lowest BCUT2D eigenvalue weighted by Crippen LogP contribution is -2.43. The molecule has 27 heavy (non-hydrogen) atoms. The number of hydrogen-bond acceptors (Lipinski definition) is 3. The smallest absolute Gasteiger partial charge is 0.123 e. The summed E-state index contributed by atoms with van der Waals surface area (Å²) >= 11 is 6.45. The summed E-state index contributed by atoms with van der Waals surface area (Å²) < 4.78 is 15.1. The van der Waals surface area contributed by atoms with Crippen LogP contribution in [0, 0.1) is 5.82 Å². The topological polar surface area (TPSA) is 24.3 Å². The molecule has 0 amide bonds. The summed E-state index contributed by atoms with van der Waals surface area (Å²) in [5, 5.41) is 5.48. The third kappa shape index (κ3) is 4.05. The van der Waals surface area contributed by atoms with Crippen molar-refractivity contribution < 1.29 is 4.39 Å². The molecule has 1 aromatic heterocycles. The number of piperazine rings is 1. The quantitative estimate of drug-likeness (QED) is 0.677. The second kappa shape index (κ2) is 7.80. The van der Waals surface area contributed by atoms with Crippen molar-refractivity contribution in [2.45, 2.75) is 6.54 Å². The Morgan fingerprint density at radius 2 is 1.70 bits per heavy atom. The fraction of sp³-hybridized carbons (Fsp3) is 0.286. The van der Waals surface area contributed by atoms with Gasteiger partial charge in [-0.3, -0.25) is 4.90 Å². The van der Waals surface area contributed by atoms with Crippen LogP contribution < -0.4 is 0 Å². The maximum Gasteiger partial charge on any atom is 0.123 e. The van der Waals surface area contributed by atoms with E-state index in [1.807, 2.05) is 35.1 Å². The predicted octanol–water partition coefficient (Wildman–Crippen LogP) is 4.08. The summed E-state index contributed by atoms with van der Waals surface area (Å²) in [6.45, 7) is 5.00. The van der Waals surface area contributed by atoms with E-state index in [9.17, 15) is 4.39 Å². The van der Waals surface area contributed by atoms with Crippen molar-refractivity contribution in [2.24, 2.45) is 0 Å². The van der Waals surface area contributed by atoms with Gasteiger partial charge < -0.3 is 4.90 Å². The van der Waals surface area contributed by atoms with Crippen molar-refractivity contribution in [2.75, 3.05) is 33.2 Å². The molecule has 1 fully saturated rings. The van der Waals surface area contributed by atoms with E-state index in [1.165, 1.54) is 12.1 Å². The molecule has 0 N–H and O–H groups in total. The normalized spacial score (nSPS) is 16.0. The summed E-state index contributed by atoms with van der Waals surface area (Å²) in [5.41, 5.74) is 3.75. The number of aromatic nitrogens is 2. The number of benzene rings is 2. The van der Waals surface area contributed by atoms with Gasteiger partial charge in [-0.25, -0.2) is 9.07 Å². The fourth-order valence-corrected chi connectivity index (χ4v) is 3.60. The molecule has 2 aromatic carbocycles. The van der Waals surface area contributed by atoms with Gasteiger partial charge in [0.05, 0.1) is 16.4 Å². The first-order valence-electron chi connectivity index (χ1n) is 9.10. The van der Waals surface area contributed by atoms with Crippen LogP contribution in [0.25, 0.3) is 16.9 Å². The molecule has 140 valence electrons. The molecule has 1 aliphatic rings. The Morgan fingerprint density at radius 3 is 2.41 bits per heavy atom. The Balaban J connectivity index is 1.71. The fourth-order valence-electron chi connectivity index (χ4n) is 3.38. The molecule has 0 atom stereocenters. The lowest BCUT2D eigenvalue weighted by molar-refractivity contribution is 0.148. The molecule has 6 heteroatoms. The van der Waals surface area contributed by atoms with Gasteiger partial charge >= 0.3 is 0 Å². The van der Waals surface area contributed by atoms with E-state index >= 15 is 0 Å². The molecule has 0 saturated carbocycles. The Hall–Kier alpha value is -2.21. The summed E-state index contributed by atoms with van der Waals surface area (Å²) in [6, 6.07) is 14.1. The maximum atomic E-state index is 13.3. The maximum absolute atomic E-state index is 13.3. The third-order valence-corrected chi connectivity index (χ3v) is 5.33. The zero-order valence-corrected chi connectivity index (χ0v) is 16.0. The third-order valence-electron chi connectivity index (χ3n) is 5.00. The second-order valence-electron chi connectivity index (χ2n) is 6.98. The van der Waals surface area contributed by atoms with Gasteiger partial charge in [0.25, 0.3) is 0 Å². The van der Waals surface area contributed by atoms with Gasteiger partial charge in [-0.05, 0) is 37.4 Å². The summed E-state index contributed by atoms with van der Waals surface area (Å²) in [4.78, 5) is 4.78. The minimum absolute atomic E-state index is 0.255. The highest BCUT2D eigenvalue weighted by Gasteiger charge is 2.19. The van der Waals surface area contributed by atoms with E-state index in [1.54, 1.807) is 12.1 Å². The van der Waals surface area contributed by atoms with Crippen LogP contribution in [-0.2, 0) is 6.54 Å². The van der Waals surface area contributed by atoms with E-state index in [-0.39, 0.29) is 5.82 Å². The second-order valence-corrected chi connectivity index (χ2v) is 7.39. The zero-order valence-electron chi connectivity index (χ0n) is 15.3. The number of likely N-dealkylation sites (N-methyl/N-ethyl adjacent to an activating group) is 1. The molecule has 1 aliphatic heterocycles. The first kappa shape index (κ1) is 18.2. The molecule has 0 radical (unpaired) electrons. The van der Waals surface area contributed by atoms with E-state index in [0.29, 0.717) is 5.02 Å². The molecule has 1 saturated heterocycles. The first-order chi connectivity index (χ1) is 13.1. The molecule has 0 aliphatic carbocycles. The molecule has 0 unspecified atom stereocenters. The molecule has 0 spiro atoms. The van der Waals surface area contributed by atoms with Crippen molar-refractivity contribution in [1.29, 1.82) is 0 Å². The van der Waals surface area contributed by atoms with Crippen LogP contribution in [-0.4, -0.2) is 52.8 Å². The van der Waals surface area contributed by atoms with E-state index in [2.05, 4.69) is 16.8 Å². The van der Waals surface area contributed by atoms with Gasteiger partial charge in [-0.15, -0.1) is 0 Å². The molecule has 0 bridgehead atoms. The zero-order chi connectivity index (χ0) is 18.8.